The Morgan fingerprint density at radius 1 is 1.36 bits per heavy atom. The Labute approximate surface area is 62.9 Å². The molecule has 0 saturated heterocycles. The first-order chi connectivity index (χ1) is 5.47. The van der Waals surface area contributed by atoms with Crippen molar-refractivity contribution in [2.24, 2.45) is 0 Å². The summed E-state index contributed by atoms with van der Waals surface area (Å²) in [6.07, 6.45) is 3.99. The third-order valence-electron chi connectivity index (χ3n) is 1.21. The molecule has 0 aliphatic carbocycles. The standard InChI is InChI=1S/C7H4N3O/c1-2-4-8-6(3-1)7-9-5-10-11-7/h1-4H. The third-order valence-corrected chi connectivity index (χ3v) is 1.21. The molecule has 0 amide bonds. The topological polar surface area (TPSA) is 51.8 Å². The highest BCUT2D eigenvalue weighted by molar-refractivity contribution is 5.44. The van der Waals surface area contributed by atoms with Gasteiger partial charge in [0.2, 0.25) is 6.33 Å². The molecule has 0 bridgehead atoms. The number of pyridine rings is 1. The Morgan fingerprint density at radius 3 is 3.00 bits per heavy atom. The molecule has 4 heteroatoms. The number of aromatic nitrogens is 3. The number of nitrogens with zero attached hydrogens (tertiary/aromatic N) is 3. The smallest absolute Gasteiger partial charge is 0.276 e. The van der Waals surface area contributed by atoms with Crippen molar-refractivity contribution in [2.45, 2.75) is 0 Å². The van der Waals surface area contributed by atoms with E-state index in [4.69, 9.17) is 4.52 Å². The van der Waals surface area contributed by atoms with Crippen LogP contribution in [-0.4, -0.2) is 15.1 Å². The fourth-order valence-electron chi connectivity index (χ4n) is 0.743. The van der Waals surface area contributed by atoms with Gasteiger partial charge < -0.3 is 4.52 Å². The van der Waals surface area contributed by atoms with E-state index in [9.17, 15) is 0 Å². The molecular weight excluding hydrogens is 142 g/mol. The third kappa shape index (κ3) is 1.10. The molecule has 0 fully saturated rings. The van der Waals surface area contributed by atoms with E-state index >= 15 is 0 Å². The fourth-order valence-corrected chi connectivity index (χ4v) is 0.743. The summed E-state index contributed by atoms with van der Waals surface area (Å²) < 4.78 is 4.74. The van der Waals surface area contributed by atoms with Crippen LogP contribution in [-0.2, 0) is 0 Å². The van der Waals surface area contributed by atoms with E-state index in [1.807, 2.05) is 12.1 Å². The van der Waals surface area contributed by atoms with Gasteiger partial charge in [-0.15, -0.1) is 0 Å². The largest absolute Gasteiger partial charge is 0.332 e. The maximum absolute atomic E-state index is 4.74. The quantitative estimate of drug-likeness (QED) is 0.600. The molecule has 0 aliphatic heterocycles. The van der Waals surface area contributed by atoms with Crippen molar-refractivity contribution in [3.05, 3.63) is 30.7 Å². The van der Waals surface area contributed by atoms with Crippen LogP contribution in [0.2, 0.25) is 0 Å². The van der Waals surface area contributed by atoms with E-state index < -0.39 is 0 Å². The average Bonchev–Trinajstić information content (AvgIpc) is 2.58. The van der Waals surface area contributed by atoms with Gasteiger partial charge in [-0.3, -0.25) is 4.98 Å². The molecule has 0 aromatic carbocycles. The fraction of sp³-hybridized carbons (Fsp3) is 0. The Hall–Kier alpha value is -1.71. The summed E-state index contributed by atoms with van der Waals surface area (Å²) in [5, 5.41) is 3.35. The molecule has 2 rings (SSSR count). The average molecular weight is 146 g/mol. The van der Waals surface area contributed by atoms with Crippen molar-refractivity contribution < 1.29 is 4.52 Å². The van der Waals surface area contributed by atoms with Crippen LogP contribution in [0.1, 0.15) is 0 Å². The second kappa shape index (κ2) is 2.49. The highest BCUT2D eigenvalue weighted by Gasteiger charge is 2.02. The molecule has 0 spiro atoms. The summed E-state index contributed by atoms with van der Waals surface area (Å²) >= 11 is 0. The highest BCUT2D eigenvalue weighted by atomic mass is 16.5. The molecule has 1 radical (unpaired) electrons. The lowest BCUT2D eigenvalue weighted by molar-refractivity contribution is 0.427. The lowest BCUT2D eigenvalue weighted by atomic mass is 10.3. The lowest BCUT2D eigenvalue weighted by Crippen LogP contribution is -1.79. The van der Waals surface area contributed by atoms with E-state index in [0.717, 1.165) is 0 Å². The molecule has 0 atom stereocenters. The summed E-state index contributed by atoms with van der Waals surface area (Å²) in [7, 11) is 0. The number of hydrogen-bond donors (Lipinski definition) is 0. The van der Waals surface area contributed by atoms with Crippen LogP contribution in [0.4, 0.5) is 0 Å². The minimum absolute atomic E-state index is 0.394. The van der Waals surface area contributed by atoms with Crippen LogP contribution in [0.3, 0.4) is 0 Å². The van der Waals surface area contributed by atoms with Crippen LogP contribution in [0.25, 0.3) is 11.6 Å². The first-order valence-corrected chi connectivity index (χ1v) is 3.08. The van der Waals surface area contributed by atoms with Crippen molar-refractivity contribution in [1.82, 2.24) is 15.1 Å². The van der Waals surface area contributed by atoms with Crippen molar-refractivity contribution in [2.75, 3.05) is 0 Å². The van der Waals surface area contributed by atoms with Crippen LogP contribution in [0, 0.1) is 6.33 Å². The van der Waals surface area contributed by atoms with E-state index in [1.165, 1.54) is 0 Å². The molecule has 2 heterocycles. The molecule has 0 aliphatic rings. The van der Waals surface area contributed by atoms with E-state index in [1.54, 1.807) is 12.3 Å². The molecule has 0 N–H and O–H groups in total. The molecule has 11 heavy (non-hydrogen) atoms. The molecule has 4 nitrogen and oxygen atoms in total. The first-order valence-electron chi connectivity index (χ1n) is 3.08. The Bertz CT molecular complexity index is 317. The molecular formula is C7H4N3O. The van der Waals surface area contributed by atoms with Gasteiger partial charge in [0.1, 0.15) is 5.69 Å². The Morgan fingerprint density at radius 2 is 2.36 bits per heavy atom. The summed E-state index contributed by atoms with van der Waals surface area (Å²) in [5.74, 6) is 0.394. The molecule has 0 unspecified atom stereocenters. The molecule has 53 valence electrons. The van der Waals surface area contributed by atoms with Gasteiger partial charge in [-0.2, -0.15) is 4.98 Å². The predicted molar refractivity (Wildman–Crippen MR) is 36.4 cm³/mol. The predicted octanol–water partition coefficient (Wildman–Crippen LogP) is 0.932. The van der Waals surface area contributed by atoms with Crippen LogP contribution >= 0.6 is 0 Å². The number of rotatable bonds is 1. The molecule has 2 aromatic heterocycles. The normalized spacial score (nSPS) is 9.82. The summed E-state index contributed by atoms with van der Waals surface area (Å²) in [5.41, 5.74) is 0.668. The minimum atomic E-state index is 0.394. The lowest BCUT2D eigenvalue weighted by Gasteiger charge is -1.88. The second-order valence-corrected chi connectivity index (χ2v) is 1.91. The summed E-state index contributed by atoms with van der Waals surface area (Å²) in [6.45, 7) is 0. The van der Waals surface area contributed by atoms with Gasteiger partial charge in [-0.1, -0.05) is 11.2 Å². The van der Waals surface area contributed by atoms with Gasteiger partial charge in [0.05, 0.1) is 0 Å². The van der Waals surface area contributed by atoms with Gasteiger partial charge >= 0.3 is 0 Å². The summed E-state index contributed by atoms with van der Waals surface area (Å²) in [4.78, 5) is 7.73. The highest BCUT2D eigenvalue weighted by Crippen LogP contribution is 2.09. The van der Waals surface area contributed by atoms with E-state index in [2.05, 4.69) is 21.5 Å². The van der Waals surface area contributed by atoms with Gasteiger partial charge in [0.15, 0.2) is 0 Å². The second-order valence-electron chi connectivity index (χ2n) is 1.91. The Balaban J connectivity index is 2.46. The van der Waals surface area contributed by atoms with Crippen molar-refractivity contribution in [3.63, 3.8) is 0 Å². The van der Waals surface area contributed by atoms with Gasteiger partial charge in [0.25, 0.3) is 5.89 Å². The first kappa shape index (κ1) is 6.03. The van der Waals surface area contributed by atoms with Crippen LogP contribution < -0.4 is 0 Å². The zero-order valence-electron chi connectivity index (χ0n) is 5.56. The van der Waals surface area contributed by atoms with Crippen LogP contribution in [0.15, 0.2) is 28.9 Å². The maximum Gasteiger partial charge on any atom is 0.276 e. The minimum Gasteiger partial charge on any atom is -0.332 e. The van der Waals surface area contributed by atoms with Gasteiger partial charge in [-0.25, -0.2) is 0 Å². The van der Waals surface area contributed by atoms with Crippen LogP contribution in [0.5, 0.6) is 0 Å². The zero-order valence-corrected chi connectivity index (χ0v) is 5.56. The Kier molecular flexibility index (Phi) is 1.37. The van der Waals surface area contributed by atoms with Crippen molar-refractivity contribution >= 4 is 0 Å². The van der Waals surface area contributed by atoms with Gasteiger partial charge in [-0.05, 0) is 12.1 Å². The van der Waals surface area contributed by atoms with E-state index in [0.29, 0.717) is 11.6 Å². The summed E-state index contributed by atoms with van der Waals surface area (Å²) in [6, 6.07) is 5.47. The van der Waals surface area contributed by atoms with Crippen molar-refractivity contribution in [1.29, 1.82) is 0 Å². The zero-order chi connectivity index (χ0) is 7.52. The monoisotopic (exact) mass is 146 g/mol. The van der Waals surface area contributed by atoms with Gasteiger partial charge in [0, 0.05) is 6.20 Å². The maximum atomic E-state index is 4.74. The molecule has 0 saturated carbocycles. The molecule has 2 aromatic rings. The SMILES string of the molecule is [c]1noc(-c2ccccn2)n1. The number of hydrogen-bond acceptors (Lipinski definition) is 4. The van der Waals surface area contributed by atoms with Crippen molar-refractivity contribution in [3.8, 4) is 11.6 Å². The van der Waals surface area contributed by atoms with E-state index in [-0.39, 0.29) is 0 Å².